The molecule has 1 aromatic rings. The van der Waals surface area contributed by atoms with Crippen molar-refractivity contribution in [3.63, 3.8) is 0 Å². The van der Waals surface area contributed by atoms with Crippen LogP contribution in [0.1, 0.15) is 38.2 Å². The van der Waals surface area contributed by atoms with E-state index in [-0.39, 0.29) is 6.29 Å². The lowest BCUT2D eigenvalue weighted by atomic mass is 10.0. The third kappa shape index (κ3) is 5.03. The van der Waals surface area contributed by atoms with Crippen molar-refractivity contribution in [3.05, 3.63) is 41.5 Å². The van der Waals surface area contributed by atoms with Gasteiger partial charge in [-0.1, -0.05) is 56.2 Å². The van der Waals surface area contributed by atoms with Crippen LogP contribution >= 0.6 is 0 Å². The van der Waals surface area contributed by atoms with Gasteiger partial charge in [-0.2, -0.15) is 0 Å². The van der Waals surface area contributed by atoms with E-state index in [4.69, 9.17) is 9.47 Å². The van der Waals surface area contributed by atoms with Crippen LogP contribution in [-0.2, 0) is 9.47 Å². The molecule has 1 aromatic carbocycles. The van der Waals surface area contributed by atoms with Crippen LogP contribution in [0, 0.1) is 0 Å². The standard InChI is InChI=1S/C16H24O2/c1-4-5-7-12-15(16(17-2)18-3)13-14-10-8-6-9-11-14/h6,8-11,13,16H,4-5,7,12H2,1-3H3. The van der Waals surface area contributed by atoms with Gasteiger partial charge in [-0.15, -0.1) is 0 Å². The quantitative estimate of drug-likeness (QED) is 0.505. The van der Waals surface area contributed by atoms with Crippen molar-refractivity contribution < 1.29 is 9.47 Å². The predicted molar refractivity (Wildman–Crippen MR) is 76.4 cm³/mol. The molecule has 0 amide bonds. The zero-order valence-corrected chi connectivity index (χ0v) is 11.7. The molecule has 2 heteroatoms. The molecule has 1 rings (SSSR count). The second-order valence-electron chi connectivity index (χ2n) is 4.39. The summed E-state index contributed by atoms with van der Waals surface area (Å²) in [4.78, 5) is 0. The van der Waals surface area contributed by atoms with E-state index in [1.807, 2.05) is 18.2 Å². The molecule has 0 radical (unpaired) electrons. The minimum Gasteiger partial charge on any atom is -0.352 e. The number of hydrogen-bond donors (Lipinski definition) is 0. The van der Waals surface area contributed by atoms with Crippen molar-refractivity contribution in [1.29, 1.82) is 0 Å². The second-order valence-corrected chi connectivity index (χ2v) is 4.39. The van der Waals surface area contributed by atoms with Crippen LogP contribution in [0.15, 0.2) is 35.9 Å². The number of ether oxygens (including phenoxy) is 2. The van der Waals surface area contributed by atoms with Gasteiger partial charge in [-0.25, -0.2) is 0 Å². The highest BCUT2D eigenvalue weighted by molar-refractivity contribution is 5.53. The first-order chi connectivity index (χ1) is 8.81. The fourth-order valence-electron chi connectivity index (χ4n) is 2.00. The smallest absolute Gasteiger partial charge is 0.179 e. The summed E-state index contributed by atoms with van der Waals surface area (Å²) in [6.07, 6.45) is 6.61. The summed E-state index contributed by atoms with van der Waals surface area (Å²) in [5.41, 5.74) is 2.41. The highest BCUT2D eigenvalue weighted by atomic mass is 16.7. The Morgan fingerprint density at radius 1 is 1.11 bits per heavy atom. The number of benzene rings is 1. The van der Waals surface area contributed by atoms with Crippen molar-refractivity contribution >= 4 is 6.08 Å². The Labute approximate surface area is 111 Å². The third-order valence-electron chi connectivity index (χ3n) is 2.95. The molecule has 0 aliphatic heterocycles. The van der Waals surface area contributed by atoms with Crippen LogP contribution in [0.4, 0.5) is 0 Å². The first kappa shape index (κ1) is 14.9. The lowest BCUT2D eigenvalue weighted by Gasteiger charge is -2.17. The lowest BCUT2D eigenvalue weighted by molar-refractivity contribution is -0.0760. The van der Waals surface area contributed by atoms with E-state index < -0.39 is 0 Å². The largest absolute Gasteiger partial charge is 0.352 e. The molecular formula is C16H24O2. The summed E-state index contributed by atoms with van der Waals surface area (Å²) in [6.45, 7) is 2.21. The van der Waals surface area contributed by atoms with Gasteiger partial charge in [0.1, 0.15) is 0 Å². The Balaban J connectivity index is 2.78. The van der Waals surface area contributed by atoms with Crippen molar-refractivity contribution in [2.75, 3.05) is 14.2 Å². The first-order valence-electron chi connectivity index (χ1n) is 6.63. The fraction of sp³-hybridized carbons (Fsp3) is 0.500. The van der Waals surface area contributed by atoms with Gasteiger partial charge in [0, 0.05) is 14.2 Å². The molecule has 2 nitrogen and oxygen atoms in total. The number of hydrogen-bond acceptors (Lipinski definition) is 2. The van der Waals surface area contributed by atoms with Gasteiger partial charge >= 0.3 is 0 Å². The highest BCUT2D eigenvalue weighted by Gasteiger charge is 2.11. The van der Waals surface area contributed by atoms with E-state index in [1.54, 1.807) is 14.2 Å². The minimum atomic E-state index is -0.234. The van der Waals surface area contributed by atoms with Crippen molar-refractivity contribution in [2.24, 2.45) is 0 Å². The maximum absolute atomic E-state index is 5.37. The zero-order valence-electron chi connectivity index (χ0n) is 11.7. The topological polar surface area (TPSA) is 18.5 Å². The van der Waals surface area contributed by atoms with Gasteiger partial charge in [0.2, 0.25) is 0 Å². The maximum Gasteiger partial charge on any atom is 0.179 e. The van der Waals surface area contributed by atoms with E-state index >= 15 is 0 Å². The van der Waals surface area contributed by atoms with Gasteiger partial charge in [-0.05, 0) is 24.0 Å². The third-order valence-corrected chi connectivity index (χ3v) is 2.95. The molecule has 0 saturated heterocycles. The maximum atomic E-state index is 5.37. The normalized spacial score (nSPS) is 12.1. The molecule has 0 spiro atoms. The molecule has 0 unspecified atom stereocenters. The van der Waals surface area contributed by atoms with Crippen LogP contribution in [0.5, 0.6) is 0 Å². The summed E-state index contributed by atoms with van der Waals surface area (Å²) in [5.74, 6) is 0. The van der Waals surface area contributed by atoms with Crippen LogP contribution in [0.2, 0.25) is 0 Å². The average Bonchev–Trinajstić information content (AvgIpc) is 2.41. The second kappa shape index (κ2) is 8.90. The van der Waals surface area contributed by atoms with Crippen molar-refractivity contribution in [2.45, 2.75) is 38.9 Å². The van der Waals surface area contributed by atoms with Crippen LogP contribution < -0.4 is 0 Å². The molecule has 0 aromatic heterocycles. The number of unbranched alkanes of at least 4 members (excludes halogenated alkanes) is 2. The first-order valence-corrected chi connectivity index (χ1v) is 6.63. The number of rotatable bonds is 8. The molecule has 0 saturated carbocycles. The summed E-state index contributed by atoms with van der Waals surface area (Å²) < 4.78 is 10.7. The van der Waals surface area contributed by atoms with Crippen LogP contribution in [0.25, 0.3) is 6.08 Å². The molecule has 0 atom stereocenters. The average molecular weight is 248 g/mol. The minimum absolute atomic E-state index is 0.234. The van der Waals surface area contributed by atoms with Crippen molar-refractivity contribution in [1.82, 2.24) is 0 Å². The Hall–Kier alpha value is -1.12. The zero-order chi connectivity index (χ0) is 13.2. The SMILES string of the molecule is CCCCCC(=Cc1ccccc1)C(OC)OC. The van der Waals surface area contributed by atoms with Crippen LogP contribution in [-0.4, -0.2) is 20.5 Å². The molecule has 0 heterocycles. The van der Waals surface area contributed by atoms with Crippen LogP contribution in [0.3, 0.4) is 0 Å². The molecule has 0 aliphatic rings. The van der Waals surface area contributed by atoms with Gasteiger partial charge in [0.15, 0.2) is 6.29 Å². The monoisotopic (exact) mass is 248 g/mol. The van der Waals surface area contributed by atoms with Gasteiger partial charge < -0.3 is 9.47 Å². The molecule has 0 fully saturated rings. The molecule has 0 aliphatic carbocycles. The van der Waals surface area contributed by atoms with Gasteiger partial charge in [0.05, 0.1) is 0 Å². The number of methoxy groups -OCH3 is 2. The van der Waals surface area contributed by atoms with Gasteiger partial charge in [0.25, 0.3) is 0 Å². The van der Waals surface area contributed by atoms with E-state index in [2.05, 4.69) is 25.1 Å². The summed E-state index contributed by atoms with van der Waals surface area (Å²) in [5, 5.41) is 0. The van der Waals surface area contributed by atoms with E-state index in [9.17, 15) is 0 Å². The lowest BCUT2D eigenvalue weighted by Crippen LogP contribution is -2.16. The summed E-state index contributed by atoms with van der Waals surface area (Å²) in [6, 6.07) is 10.3. The summed E-state index contributed by atoms with van der Waals surface area (Å²) in [7, 11) is 3.37. The van der Waals surface area contributed by atoms with Gasteiger partial charge in [-0.3, -0.25) is 0 Å². The Morgan fingerprint density at radius 3 is 2.33 bits per heavy atom. The summed E-state index contributed by atoms with van der Waals surface area (Å²) >= 11 is 0. The molecule has 100 valence electrons. The highest BCUT2D eigenvalue weighted by Crippen LogP contribution is 2.19. The Kier molecular flexibility index (Phi) is 7.38. The van der Waals surface area contributed by atoms with E-state index in [0.717, 1.165) is 6.42 Å². The molecule has 18 heavy (non-hydrogen) atoms. The predicted octanol–water partition coefficient (Wildman–Crippen LogP) is 4.27. The Bertz CT molecular complexity index is 339. The fourth-order valence-corrected chi connectivity index (χ4v) is 2.00. The molecule has 0 bridgehead atoms. The van der Waals surface area contributed by atoms with Crippen molar-refractivity contribution in [3.8, 4) is 0 Å². The van der Waals surface area contributed by atoms with E-state index in [1.165, 1.54) is 30.4 Å². The molecular weight excluding hydrogens is 224 g/mol. The van der Waals surface area contributed by atoms with E-state index in [0.29, 0.717) is 0 Å². The Morgan fingerprint density at radius 2 is 1.78 bits per heavy atom. The molecule has 0 N–H and O–H groups in total.